The molecule has 1 heterocycles. The van der Waals surface area contributed by atoms with Crippen molar-refractivity contribution < 1.29 is 18.8 Å². The zero-order chi connectivity index (χ0) is 18.3. The van der Waals surface area contributed by atoms with Crippen LogP contribution in [-0.4, -0.2) is 40.1 Å². The predicted molar refractivity (Wildman–Crippen MR) is 92.1 cm³/mol. The molecule has 0 N–H and O–H groups in total. The van der Waals surface area contributed by atoms with Gasteiger partial charge in [-0.3, -0.25) is 19.3 Å². The van der Waals surface area contributed by atoms with Crippen molar-refractivity contribution in [2.75, 3.05) is 6.54 Å². The number of hydrogen-bond donors (Lipinski definition) is 0. The quantitative estimate of drug-likeness (QED) is 0.760. The molecule has 138 valence electrons. The number of fused-ring (bicyclic) bond motifs is 1. The summed E-state index contributed by atoms with van der Waals surface area (Å²) in [6, 6.07) is 6.48. The summed E-state index contributed by atoms with van der Waals surface area (Å²) in [5.74, 6) is -1.50. The van der Waals surface area contributed by atoms with E-state index >= 15 is 0 Å². The third-order valence-electron chi connectivity index (χ3n) is 5.83. The van der Waals surface area contributed by atoms with Crippen LogP contribution in [-0.2, 0) is 20.9 Å². The van der Waals surface area contributed by atoms with Gasteiger partial charge in [0.25, 0.3) is 0 Å². The molecule has 0 spiro atoms. The van der Waals surface area contributed by atoms with Crippen molar-refractivity contribution in [1.82, 2.24) is 9.80 Å². The maximum Gasteiger partial charge on any atom is 0.243 e. The van der Waals surface area contributed by atoms with Crippen LogP contribution >= 0.6 is 0 Å². The maximum absolute atomic E-state index is 14.0. The van der Waals surface area contributed by atoms with Crippen LogP contribution in [0, 0.1) is 17.7 Å². The Morgan fingerprint density at radius 1 is 1.04 bits per heavy atom. The summed E-state index contributed by atoms with van der Waals surface area (Å²) >= 11 is 0. The normalized spacial score (nSPS) is 25.3. The standard InChI is InChI=1S/C20H23FN2O3/c21-17-8-4-1-5-13(17)11-22(14-9-10-14)18(24)12-23-19(25)15-6-2-3-7-16(15)20(23)26/h1,4-5,8,14-16H,2-3,6-7,9-12H2/t15-,16-/m0/s1. The largest absolute Gasteiger partial charge is 0.334 e. The van der Waals surface area contributed by atoms with Gasteiger partial charge in [-0.1, -0.05) is 31.0 Å². The van der Waals surface area contributed by atoms with Crippen molar-refractivity contribution in [3.8, 4) is 0 Å². The molecule has 0 aromatic heterocycles. The highest BCUT2D eigenvalue weighted by Gasteiger charge is 2.49. The average molecular weight is 358 g/mol. The Bertz CT molecular complexity index is 722. The Balaban J connectivity index is 1.48. The molecule has 3 fully saturated rings. The van der Waals surface area contributed by atoms with Crippen molar-refractivity contribution in [1.29, 1.82) is 0 Å². The Morgan fingerprint density at radius 2 is 1.65 bits per heavy atom. The number of imide groups is 1. The maximum atomic E-state index is 14.0. The van der Waals surface area contributed by atoms with Crippen LogP contribution in [0.25, 0.3) is 0 Å². The monoisotopic (exact) mass is 358 g/mol. The first-order valence-corrected chi connectivity index (χ1v) is 9.44. The minimum Gasteiger partial charge on any atom is -0.334 e. The third-order valence-corrected chi connectivity index (χ3v) is 5.83. The number of carbonyl (C=O) groups excluding carboxylic acids is 3. The van der Waals surface area contributed by atoms with Gasteiger partial charge in [-0.2, -0.15) is 0 Å². The highest BCUT2D eigenvalue weighted by Crippen LogP contribution is 2.38. The summed E-state index contributed by atoms with van der Waals surface area (Å²) in [4.78, 5) is 40.8. The average Bonchev–Trinajstić information content (AvgIpc) is 3.46. The highest BCUT2D eigenvalue weighted by atomic mass is 19.1. The Hall–Kier alpha value is -2.24. The molecule has 3 amide bonds. The van der Waals surface area contributed by atoms with Crippen molar-refractivity contribution in [3.63, 3.8) is 0 Å². The lowest BCUT2D eigenvalue weighted by atomic mass is 9.81. The number of nitrogens with zero attached hydrogens (tertiary/aromatic N) is 2. The van der Waals surface area contributed by atoms with Gasteiger partial charge in [0, 0.05) is 18.2 Å². The summed E-state index contributed by atoms with van der Waals surface area (Å²) in [7, 11) is 0. The van der Waals surface area contributed by atoms with Crippen molar-refractivity contribution >= 4 is 17.7 Å². The van der Waals surface area contributed by atoms with Gasteiger partial charge in [-0.25, -0.2) is 4.39 Å². The van der Waals surface area contributed by atoms with Gasteiger partial charge in [-0.05, 0) is 31.7 Å². The first kappa shape index (κ1) is 17.2. The van der Waals surface area contributed by atoms with Crippen LogP contribution in [0.4, 0.5) is 4.39 Å². The molecule has 4 rings (SSSR count). The fraction of sp³-hybridized carbons (Fsp3) is 0.550. The summed E-state index contributed by atoms with van der Waals surface area (Å²) in [6.45, 7) is -0.0329. The van der Waals surface area contributed by atoms with E-state index in [2.05, 4.69) is 0 Å². The molecule has 0 bridgehead atoms. The SMILES string of the molecule is O=C1[C@H]2CCCC[C@@H]2C(=O)N1CC(=O)N(Cc1ccccc1F)C1CC1. The Morgan fingerprint density at radius 3 is 2.23 bits per heavy atom. The van der Waals surface area contributed by atoms with Gasteiger partial charge in [0.1, 0.15) is 12.4 Å². The zero-order valence-electron chi connectivity index (χ0n) is 14.7. The number of likely N-dealkylation sites (tertiary alicyclic amines) is 1. The molecular weight excluding hydrogens is 335 g/mol. The molecule has 1 aliphatic heterocycles. The number of benzene rings is 1. The Kier molecular flexibility index (Phi) is 4.51. The molecule has 2 atom stereocenters. The minimum absolute atomic E-state index is 0.0807. The van der Waals surface area contributed by atoms with Gasteiger partial charge < -0.3 is 4.90 Å². The first-order valence-electron chi connectivity index (χ1n) is 9.44. The number of halogens is 1. The Labute approximate surface area is 152 Å². The predicted octanol–water partition coefficient (Wildman–Crippen LogP) is 2.49. The van der Waals surface area contributed by atoms with E-state index in [4.69, 9.17) is 0 Å². The van der Waals surface area contributed by atoms with Crippen LogP contribution < -0.4 is 0 Å². The topological polar surface area (TPSA) is 57.7 Å². The third kappa shape index (κ3) is 3.13. The molecule has 3 aliphatic rings. The van der Waals surface area contributed by atoms with E-state index < -0.39 is 0 Å². The smallest absolute Gasteiger partial charge is 0.243 e. The molecule has 2 aliphatic carbocycles. The van der Waals surface area contributed by atoms with Gasteiger partial charge in [0.15, 0.2) is 0 Å². The number of amides is 3. The second kappa shape index (κ2) is 6.82. The molecule has 0 unspecified atom stereocenters. The molecule has 1 aromatic carbocycles. The van der Waals surface area contributed by atoms with E-state index in [1.165, 1.54) is 6.07 Å². The minimum atomic E-state index is -0.342. The summed E-state index contributed by atoms with van der Waals surface area (Å²) < 4.78 is 14.0. The molecule has 1 saturated heterocycles. The highest BCUT2D eigenvalue weighted by molar-refractivity contribution is 6.07. The van der Waals surface area contributed by atoms with Crippen molar-refractivity contribution in [2.24, 2.45) is 11.8 Å². The van der Waals surface area contributed by atoms with E-state index in [0.717, 1.165) is 43.4 Å². The fourth-order valence-corrected chi connectivity index (χ4v) is 4.23. The van der Waals surface area contributed by atoms with Crippen LogP contribution in [0.15, 0.2) is 24.3 Å². The van der Waals surface area contributed by atoms with E-state index in [1.807, 2.05) is 0 Å². The summed E-state index contributed by atoms with van der Waals surface area (Å²) in [5, 5.41) is 0. The molecule has 1 aromatic rings. The second-order valence-corrected chi connectivity index (χ2v) is 7.60. The molecule has 2 saturated carbocycles. The van der Waals surface area contributed by atoms with Gasteiger partial charge in [0.2, 0.25) is 17.7 Å². The van der Waals surface area contributed by atoms with E-state index in [1.54, 1.807) is 23.1 Å². The van der Waals surface area contributed by atoms with Gasteiger partial charge in [0.05, 0.1) is 11.8 Å². The fourth-order valence-electron chi connectivity index (χ4n) is 4.23. The molecule has 0 radical (unpaired) electrons. The first-order chi connectivity index (χ1) is 12.6. The van der Waals surface area contributed by atoms with Gasteiger partial charge in [-0.15, -0.1) is 0 Å². The van der Waals surface area contributed by atoms with E-state index in [-0.39, 0.29) is 54.5 Å². The summed E-state index contributed by atoms with van der Waals surface area (Å²) in [6.07, 6.45) is 5.16. The second-order valence-electron chi connectivity index (χ2n) is 7.60. The van der Waals surface area contributed by atoms with Crippen molar-refractivity contribution in [2.45, 2.75) is 51.1 Å². The number of rotatable bonds is 5. The number of hydrogen-bond acceptors (Lipinski definition) is 3. The lowest BCUT2D eigenvalue weighted by Gasteiger charge is -2.25. The molecule has 26 heavy (non-hydrogen) atoms. The molecule has 5 nitrogen and oxygen atoms in total. The lowest BCUT2D eigenvalue weighted by Crippen LogP contribution is -2.44. The van der Waals surface area contributed by atoms with Gasteiger partial charge >= 0.3 is 0 Å². The van der Waals surface area contributed by atoms with E-state index in [0.29, 0.717) is 5.56 Å². The molecule has 6 heteroatoms. The van der Waals surface area contributed by atoms with Crippen LogP contribution in [0.1, 0.15) is 44.1 Å². The van der Waals surface area contributed by atoms with Crippen LogP contribution in [0.2, 0.25) is 0 Å². The number of carbonyl (C=O) groups is 3. The van der Waals surface area contributed by atoms with E-state index in [9.17, 15) is 18.8 Å². The molecular formula is C20H23FN2O3. The zero-order valence-corrected chi connectivity index (χ0v) is 14.7. The summed E-state index contributed by atoms with van der Waals surface area (Å²) in [5.41, 5.74) is 0.459. The van der Waals surface area contributed by atoms with Crippen LogP contribution in [0.3, 0.4) is 0 Å². The lowest BCUT2D eigenvalue weighted by molar-refractivity contribution is -0.147. The van der Waals surface area contributed by atoms with Crippen molar-refractivity contribution in [3.05, 3.63) is 35.6 Å². The van der Waals surface area contributed by atoms with Crippen LogP contribution in [0.5, 0.6) is 0 Å².